The first-order chi connectivity index (χ1) is 14.1. The van der Waals surface area contributed by atoms with Crippen molar-refractivity contribution < 1.29 is 9.59 Å². The van der Waals surface area contributed by atoms with E-state index in [2.05, 4.69) is 31.8 Å². The van der Waals surface area contributed by atoms with Gasteiger partial charge in [-0.1, -0.05) is 34.1 Å². The van der Waals surface area contributed by atoms with Gasteiger partial charge in [-0.25, -0.2) is 10.9 Å². The number of pyridine rings is 1. The molecule has 7 nitrogen and oxygen atoms in total. The molecule has 2 aliphatic heterocycles. The molecule has 0 aliphatic carbocycles. The van der Waals surface area contributed by atoms with Crippen LogP contribution in [0.5, 0.6) is 0 Å². The Balaban J connectivity index is 1.28. The maximum absolute atomic E-state index is 12.9. The van der Waals surface area contributed by atoms with E-state index in [1.807, 2.05) is 46.2 Å². The number of hydrogen-bond donors (Lipinski definition) is 2. The molecule has 2 amide bonds. The van der Waals surface area contributed by atoms with Gasteiger partial charge >= 0.3 is 0 Å². The third-order valence-electron chi connectivity index (χ3n) is 5.55. The molecule has 2 aromatic rings. The van der Waals surface area contributed by atoms with Crippen molar-refractivity contribution in [2.24, 2.45) is 0 Å². The molecule has 4 rings (SSSR count). The van der Waals surface area contributed by atoms with Crippen molar-refractivity contribution in [1.82, 2.24) is 25.6 Å². The van der Waals surface area contributed by atoms with Crippen LogP contribution in [0.15, 0.2) is 53.3 Å². The Labute approximate surface area is 178 Å². The summed E-state index contributed by atoms with van der Waals surface area (Å²) in [5, 5.41) is 0. The van der Waals surface area contributed by atoms with Gasteiger partial charge in [0.25, 0.3) is 0 Å². The van der Waals surface area contributed by atoms with Crippen LogP contribution < -0.4 is 10.9 Å². The second-order valence-electron chi connectivity index (χ2n) is 7.38. The second kappa shape index (κ2) is 9.02. The quantitative estimate of drug-likeness (QED) is 0.729. The van der Waals surface area contributed by atoms with Crippen LogP contribution in [0.4, 0.5) is 0 Å². The fourth-order valence-corrected chi connectivity index (χ4v) is 4.27. The first-order valence-electron chi connectivity index (χ1n) is 9.83. The zero-order valence-electron chi connectivity index (χ0n) is 16.1. The van der Waals surface area contributed by atoms with Crippen molar-refractivity contribution >= 4 is 27.7 Å². The molecule has 2 saturated heterocycles. The van der Waals surface area contributed by atoms with E-state index in [0.29, 0.717) is 39.0 Å². The summed E-state index contributed by atoms with van der Waals surface area (Å²) in [6, 6.07) is 11.5. The van der Waals surface area contributed by atoms with Crippen LogP contribution in [0.25, 0.3) is 0 Å². The van der Waals surface area contributed by atoms with Crippen molar-refractivity contribution in [3.8, 4) is 0 Å². The number of halogens is 1. The summed E-state index contributed by atoms with van der Waals surface area (Å²) in [5.41, 5.74) is 8.44. The fourth-order valence-electron chi connectivity index (χ4n) is 3.85. The van der Waals surface area contributed by atoms with Gasteiger partial charge < -0.3 is 9.80 Å². The lowest BCUT2D eigenvalue weighted by Gasteiger charge is -2.36. The van der Waals surface area contributed by atoms with Gasteiger partial charge in [0.15, 0.2) is 0 Å². The minimum absolute atomic E-state index is 0.0898. The third kappa shape index (κ3) is 4.66. The topological polar surface area (TPSA) is 77.6 Å². The highest BCUT2D eigenvalue weighted by Gasteiger charge is 2.34. The Morgan fingerprint density at radius 3 is 2.41 bits per heavy atom. The summed E-state index contributed by atoms with van der Waals surface area (Å²) < 4.78 is 0.950. The number of carbonyl (C=O) groups is 2. The van der Waals surface area contributed by atoms with Gasteiger partial charge in [-0.2, -0.15) is 0 Å². The molecule has 29 heavy (non-hydrogen) atoms. The number of hydrogen-bond acceptors (Lipinski definition) is 5. The van der Waals surface area contributed by atoms with E-state index < -0.39 is 0 Å². The van der Waals surface area contributed by atoms with E-state index in [1.165, 1.54) is 0 Å². The molecule has 152 valence electrons. The fraction of sp³-hybridized carbons (Fsp3) is 0.381. The normalized spacial score (nSPS) is 22.0. The number of hydrazine groups is 1. The summed E-state index contributed by atoms with van der Waals surface area (Å²) in [4.78, 5) is 33.3. The van der Waals surface area contributed by atoms with E-state index >= 15 is 0 Å². The zero-order chi connectivity index (χ0) is 20.2. The number of carbonyl (C=O) groups excluding carboxylic acids is 2. The van der Waals surface area contributed by atoms with Gasteiger partial charge in [0.2, 0.25) is 11.8 Å². The standard InChI is InChI=1S/C21H24BrN5O2/c22-17-4-2-1-3-16(17)13-20(28)26-9-11-27(12-10-26)21(29)19-14-18(24-25-19)15-5-7-23-8-6-15/h1-8,18-19,24-25H,9-14H2. The number of aromatic nitrogens is 1. The van der Waals surface area contributed by atoms with Crippen LogP contribution in [-0.4, -0.2) is 58.8 Å². The predicted octanol–water partition coefficient (Wildman–Crippen LogP) is 1.67. The third-order valence-corrected chi connectivity index (χ3v) is 6.33. The highest BCUT2D eigenvalue weighted by molar-refractivity contribution is 9.10. The zero-order valence-corrected chi connectivity index (χ0v) is 17.6. The summed E-state index contributed by atoms with van der Waals surface area (Å²) in [6.45, 7) is 2.28. The van der Waals surface area contributed by atoms with Crippen molar-refractivity contribution in [3.05, 3.63) is 64.4 Å². The number of rotatable bonds is 4. The van der Waals surface area contributed by atoms with E-state index in [4.69, 9.17) is 0 Å². The first-order valence-corrected chi connectivity index (χ1v) is 10.6. The van der Waals surface area contributed by atoms with Crippen LogP contribution >= 0.6 is 15.9 Å². The average molecular weight is 458 g/mol. The number of nitrogens with zero attached hydrogens (tertiary/aromatic N) is 3. The molecule has 0 bridgehead atoms. The molecule has 0 radical (unpaired) electrons. The Morgan fingerprint density at radius 2 is 1.69 bits per heavy atom. The molecule has 2 fully saturated rings. The number of benzene rings is 1. The molecule has 1 aromatic carbocycles. The molecule has 8 heteroatoms. The van der Waals surface area contributed by atoms with Gasteiger partial charge in [-0.05, 0) is 35.7 Å². The van der Waals surface area contributed by atoms with Crippen molar-refractivity contribution in [1.29, 1.82) is 0 Å². The van der Waals surface area contributed by atoms with E-state index in [0.717, 1.165) is 15.6 Å². The summed E-state index contributed by atoms with van der Waals surface area (Å²) in [7, 11) is 0. The molecule has 2 unspecified atom stereocenters. The minimum atomic E-state index is -0.254. The van der Waals surface area contributed by atoms with Gasteiger partial charge in [-0.3, -0.25) is 14.6 Å². The van der Waals surface area contributed by atoms with Crippen LogP contribution in [0, 0.1) is 0 Å². The van der Waals surface area contributed by atoms with Gasteiger partial charge in [0, 0.05) is 49.1 Å². The minimum Gasteiger partial charge on any atom is -0.339 e. The molecule has 0 spiro atoms. The summed E-state index contributed by atoms with van der Waals surface area (Å²) in [6.07, 6.45) is 4.59. The van der Waals surface area contributed by atoms with E-state index in [-0.39, 0.29) is 23.9 Å². The van der Waals surface area contributed by atoms with Crippen molar-refractivity contribution in [2.75, 3.05) is 26.2 Å². The van der Waals surface area contributed by atoms with Gasteiger partial charge in [0.1, 0.15) is 6.04 Å². The van der Waals surface area contributed by atoms with Crippen LogP contribution in [0.3, 0.4) is 0 Å². The Bertz CT molecular complexity index is 870. The van der Waals surface area contributed by atoms with E-state index in [9.17, 15) is 9.59 Å². The lowest BCUT2D eigenvalue weighted by molar-refractivity contribution is -0.140. The smallest absolute Gasteiger partial charge is 0.241 e. The second-order valence-corrected chi connectivity index (χ2v) is 8.24. The maximum Gasteiger partial charge on any atom is 0.241 e. The monoisotopic (exact) mass is 457 g/mol. The maximum atomic E-state index is 12.9. The van der Waals surface area contributed by atoms with Crippen LogP contribution in [0.2, 0.25) is 0 Å². The molecule has 0 saturated carbocycles. The summed E-state index contributed by atoms with van der Waals surface area (Å²) in [5.74, 6) is 0.189. The Morgan fingerprint density at radius 1 is 1.00 bits per heavy atom. The Hall–Kier alpha value is -2.29. The largest absolute Gasteiger partial charge is 0.339 e. The van der Waals surface area contributed by atoms with Gasteiger partial charge in [-0.15, -0.1) is 0 Å². The molecule has 2 atom stereocenters. The van der Waals surface area contributed by atoms with Crippen molar-refractivity contribution in [2.45, 2.75) is 24.9 Å². The highest BCUT2D eigenvalue weighted by atomic mass is 79.9. The van der Waals surface area contributed by atoms with Crippen LogP contribution in [0.1, 0.15) is 23.6 Å². The average Bonchev–Trinajstić information content (AvgIpc) is 3.26. The SMILES string of the molecule is O=C(Cc1ccccc1Br)N1CCN(C(=O)C2CC(c3ccncc3)NN2)CC1. The van der Waals surface area contributed by atoms with Crippen LogP contribution in [-0.2, 0) is 16.0 Å². The molecule has 2 N–H and O–H groups in total. The van der Waals surface area contributed by atoms with E-state index in [1.54, 1.807) is 12.4 Å². The number of nitrogens with one attached hydrogen (secondary N) is 2. The predicted molar refractivity (Wildman–Crippen MR) is 113 cm³/mol. The number of piperazine rings is 1. The van der Waals surface area contributed by atoms with Gasteiger partial charge in [0.05, 0.1) is 6.42 Å². The lowest BCUT2D eigenvalue weighted by Crippen LogP contribution is -2.55. The molecule has 3 heterocycles. The lowest BCUT2D eigenvalue weighted by atomic mass is 10.0. The molecular weight excluding hydrogens is 434 g/mol. The molecule has 1 aromatic heterocycles. The highest BCUT2D eigenvalue weighted by Crippen LogP contribution is 2.23. The first kappa shape index (κ1) is 20.0. The molecular formula is C21H24BrN5O2. The number of amides is 2. The summed E-state index contributed by atoms with van der Waals surface area (Å²) >= 11 is 3.50. The Kier molecular flexibility index (Phi) is 6.22. The molecule has 2 aliphatic rings. The van der Waals surface area contributed by atoms with Crippen molar-refractivity contribution in [3.63, 3.8) is 0 Å².